The minimum absolute atomic E-state index is 0.112. The van der Waals surface area contributed by atoms with E-state index in [1.54, 1.807) is 11.3 Å². The summed E-state index contributed by atoms with van der Waals surface area (Å²) in [4.78, 5) is 23.5. The fourth-order valence-electron chi connectivity index (χ4n) is 4.72. The Hall–Kier alpha value is -1.98. The van der Waals surface area contributed by atoms with Gasteiger partial charge in [0.15, 0.2) is 0 Å². The van der Waals surface area contributed by atoms with Crippen molar-refractivity contribution in [1.82, 2.24) is 14.5 Å². The lowest BCUT2D eigenvalue weighted by Gasteiger charge is -2.31. The highest BCUT2D eigenvalue weighted by Gasteiger charge is 2.26. The Bertz CT molecular complexity index is 1130. The molecule has 1 saturated heterocycles. The zero-order valence-electron chi connectivity index (χ0n) is 19.8. The Morgan fingerprint density at radius 2 is 1.71 bits per heavy atom. The van der Waals surface area contributed by atoms with Gasteiger partial charge in [0.2, 0.25) is 0 Å². The van der Waals surface area contributed by atoms with Crippen LogP contribution in [0.3, 0.4) is 0 Å². The van der Waals surface area contributed by atoms with Gasteiger partial charge in [0.25, 0.3) is 5.56 Å². The predicted octanol–water partition coefficient (Wildman–Crippen LogP) is 5.81. The molecular weight excluding hydrogens is 402 g/mol. The SMILES string of the molecule is CCc1sc2nc(CC)n(C3CCN(C)CC3)c(=O)c2c1-c1ccc(C(C)(C)C)cc1. The van der Waals surface area contributed by atoms with Crippen molar-refractivity contribution in [2.24, 2.45) is 0 Å². The van der Waals surface area contributed by atoms with Gasteiger partial charge in [-0.2, -0.15) is 0 Å². The summed E-state index contributed by atoms with van der Waals surface area (Å²) in [5.41, 5.74) is 3.81. The maximum atomic E-state index is 14.0. The van der Waals surface area contributed by atoms with Gasteiger partial charge in [-0.05, 0) is 55.9 Å². The number of hydrogen-bond acceptors (Lipinski definition) is 4. The zero-order valence-corrected chi connectivity index (χ0v) is 20.6. The first-order valence-corrected chi connectivity index (χ1v) is 12.4. The number of aromatic nitrogens is 2. The summed E-state index contributed by atoms with van der Waals surface area (Å²) in [5.74, 6) is 0.936. The number of nitrogens with zero attached hydrogens (tertiary/aromatic N) is 3. The van der Waals surface area contributed by atoms with Crippen LogP contribution in [0.2, 0.25) is 0 Å². The summed E-state index contributed by atoms with van der Waals surface area (Å²) in [6, 6.07) is 9.04. The minimum Gasteiger partial charge on any atom is -0.306 e. The molecule has 4 nitrogen and oxygen atoms in total. The van der Waals surface area contributed by atoms with Gasteiger partial charge >= 0.3 is 0 Å². The minimum atomic E-state index is 0.112. The summed E-state index contributed by atoms with van der Waals surface area (Å²) < 4.78 is 2.04. The van der Waals surface area contributed by atoms with Crippen LogP contribution in [0.5, 0.6) is 0 Å². The molecular formula is C26H35N3OS. The summed E-state index contributed by atoms with van der Waals surface area (Å²) in [6.07, 6.45) is 3.72. The summed E-state index contributed by atoms with van der Waals surface area (Å²) in [7, 11) is 2.16. The summed E-state index contributed by atoms with van der Waals surface area (Å²) >= 11 is 1.70. The highest BCUT2D eigenvalue weighted by Crippen LogP contribution is 2.38. The van der Waals surface area contributed by atoms with E-state index in [1.807, 2.05) is 4.57 Å². The molecule has 0 N–H and O–H groups in total. The predicted molar refractivity (Wildman–Crippen MR) is 133 cm³/mol. The maximum Gasteiger partial charge on any atom is 0.263 e. The maximum absolute atomic E-state index is 14.0. The van der Waals surface area contributed by atoms with Crippen molar-refractivity contribution in [2.45, 2.75) is 71.8 Å². The molecule has 5 heteroatoms. The van der Waals surface area contributed by atoms with Gasteiger partial charge in [-0.15, -0.1) is 11.3 Å². The number of piperidine rings is 1. The summed E-state index contributed by atoms with van der Waals surface area (Å²) in [6.45, 7) is 13.0. The van der Waals surface area contributed by atoms with E-state index >= 15 is 0 Å². The van der Waals surface area contributed by atoms with Crippen molar-refractivity contribution in [3.8, 4) is 11.1 Å². The molecule has 1 aromatic carbocycles. The second kappa shape index (κ2) is 8.51. The molecule has 3 aromatic rings. The third-order valence-electron chi connectivity index (χ3n) is 6.63. The van der Waals surface area contributed by atoms with Crippen molar-refractivity contribution in [3.05, 3.63) is 50.9 Å². The molecule has 0 aliphatic carbocycles. The number of aryl methyl sites for hydroxylation is 2. The van der Waals surface area contributed by atoms with Crippen molar-refractivity contribution < 1.29 is 0 Å². The van der Waals surface area contributed by atoms with Crippen LogP contribution in [0.15, 0.2) is 29.1 Å². The molecule has 1 aliphatic rings. The molecule has 0 spiro atoms. The number of hydrogen-bond donors (Lipinski definition) is 0. The number of rotatable bonds is 4. The van der Waals surface area contributed by atoms with Crippen molar-refractivity contribution >= 4 is 21.6 Å². The first-order chi connectivity index (χ1) is 14.7. The molecule has 0 unspecified atom stereocenters. The van der Waals surface area contributed by atoms with Gasteiger partial charge in [-0.3, -0.25) is 9.36 Å². The molecule has 1 fully saturated rings. The first-order valence-electron chi connectivity index (χ1n) is 11.6. The van der Waals surface area contributed by atoms with Gasteiger partial charge in [0.1, 0.15) is 10.7 Å². The lowest BCUT2D eigenvalue weighted by Crippen LogP contribution is -2.37. The molecule has 0 radical (unpaired) electrons. The van der Waals surface area contributed by atoms with Crippen LogP contribution >= 0.6 is 11.3 Å². The first kappa shape index (κ1) is 22.2. The molecule has 2 aromatic heterocycles. The molecule has 0 bridgehead atoms. The lowest BCUT2D eigenvalue weighted by molar-refractivity contribution is 0.216. The van der Waals surface area contributed by atoms with Crippen molar-refractivity contribution in [1.29, 1.82) is 0 Å². The van der Waals surface area contributed by atoms with E-state index in [9.17, 15) is 4.79 Å². The average molecular weight is 438 g/mol. The standard InChI is InChI=1S/C26H35N3OS/c1-7-20-22(17-9-11-18(12-10-17)26(3,4)5)23-24(31-20)27-21(8-2)29(25(23)30)19-13-15-28(6)16-14-19/h9-12,19H,7-8,13-16H2,1-6H3. The van der Waals surface area contributed by atoms with Crippen molar-refractivity contribution in [3.63, 3.8) is 0 Å². The molecule has 1 aliphatic heterocycles. The van der Waals surface area contributed by atoms with E-state index in [0.29, 0.717) is 0 Å². The van der Waals surface area contributed by atoms with Gasteiger partial charge in [0.05, 0.1) is 5.39 Å². The molecule has 0 saturated carbocycles. The van der Waals surface area contributed by atoms with Gasteiger partial charge in [0, 0.05) is 22.9 Å². The number of benzene rings is 1. The average Bonchev–Trinajstić information content (AvgIpc) is 3.13. The molecule has 4 rings (SSSR count). The molecule has 3 heterocycles. The van der Waals surface area contributed by atoms with Crippen LogP contribution in [0.25, 0.3) is 21.3 Å². The molecule has 31 heavy (non-hydrogen) atoms. The van der Waals surface area contributed by atoms with E-state index < -0.39 is 0 Å². The van der Waals surface area contributed by atoms with Gasteiger partial charge in [-0.1, -0.05) is 58.9 Å². The van der Waals surface area contributed by atoms with E-state index in [1.165, 1.54) is 10.4 Å². The van der Waals surface area contributed by atoms with Crippen LogP contribution in [0.1, 0.15) is 69.8 Å². The highest BCUT2D eigenvalue weighted by molar-refractivity contribution is 7.19. The Kier molecular flexibility index (Phi) is 6.10. The van der Waals surface area contributed by atoms with Crippen molar-refractivity contribution in [2.75, 3.05) is 20.1 Å². The van der Waals surface area contributed by atoms with Gasteiger partial charge < -0.3 is 4.90 Å². The lowest BCUT2D eigenvalue weighted by atomic mass is 9.86. The Morgan fingerprint density at radius 1 is 1.06 bits per heavy atom. The van der Waals surface area contributed by atoms with E-state index in [0.717, 1.165) is 65.9 Å². The molecule has 0 amide bonds. The topological polar surface area (TPSA) is 38.1 Å². The van der Waals surface area contributed by atoms with E-state index in [2.05, 4.69) is 70.8 Å². The highest BCUT2D eigenvalue weighted by atomic mass is 32.1. The van der Waals surface area contributed by atoms with Gasteiger partial charge in [-0.25, -0.2) is 4.98 Å². The molecule has 166 valence electrons. The fraction of sp³-hybridized carbons (Fsp3) is 0.538. The van der Waals surface area contributed by atoms with E-state index in [-0.39, 0.29) is 17.0 Å². The fourth-order valence-corrected chi connectivity index (χ4v) is 5.86. The Balaban J connectivity index is 1.91. The number of thiophene rings is 1. The van der Waals surface area contributed by atoms with Crippen LogP contribution < -0.4 is 5.56 Å². The van der Waals surface area contributed by atoms with E-state index in [4.69, 9.17) is 4.98 Å². The third kappa shape index (κ3) is 4.10. The Morgan fingerprint density at radius 3 is 2.26 bits per heavy atom. The number of fused-ring (bicyclic) bond motifs is 1. The van der Waals surface area contributed by atoms with Crippen LogP contribution in [0.4, 0.5) is 0 Å². The van der Waals surface area contributed by atoms with Crippen LogP contribution in [0, 0.1) is 0 Å². The normalized spacial score (nSPS) is 16.3. The Labute approximate surface area is 189 Å². The number of likely N-dealkylation sites (tertiary alicyclic amines) is 1. The smallest absolute Gasteiger partial charge is 0.263 e. The zero-order chi connectivity index (χ0) is 22.3. The third-order valence-corrected chi connectivity index (χ3v) is 7.86. The monoisotopic (exact) mass is 437 g/mol. The second-order valence-corrected chi connectivity index (χ2v) is 10.9. The second-order valence-electron chi connectivity index (χ2n) is 9.85. The quantitative estimate of drug-likeness (QED) is 0.517. The molecule has 0 atom stereocenters. The van der Waals surface area contributed by atoms with Crippen LogP contribution in [-0.4, -0.2) is 34.6 Å². The van der Waals surface area contributed by atoms with Crippen LogP contribution in [-0.2, 0) is 18.3 Å². The largest absolute Gasteiger partial charge is 0.306 e. The summed E-state index contributed by atoms with van der Waals surface area (Å²) in [5, 5.41) is 0.821.